The van der Waals surface area contributed by atoms with E-state index in [-0.39, 0.29) is 24.5 Å². The number of aliphatic carboxylic acids is 1. The maximum Gasteiger partial charge on any atom is 0.326 e. The molecule has 204 valence electrons. The quantitative estimate of drug-likeness (QED) is 0.164. The molecular weight excluding hydrogens is 514 g/mol. The van der Waals surface area contributed by atoms with Crippen molar-refractivity contribution in [2.24, 2.45) is 11.7 Å². The standard InChI is InChI=1S/C25H37N5O5S2/c1-4-14(2)21(26)24(33)30-20(13-36)23(32)29-19(22(31)28-18(25(34)35)9-10-37-3)11-15-12-27-17-8-6-5-7-16(15)17/h5-8,12,14,18-21,27,36H,4,9-11,13,26H2,1-3H3,(H,28,31)(H,29,32)(H,30,33)(H,34,35). The van der Waals surface area contributed by atoms with Gasteiger partial charge in [0.2, 0.25) is 17.7 Å². The number of benzene rings is 1. The number of aromatic nitrogens is 1. The van der Waals surface area contributed by atoms with Gasteiger partial charge in [0.1, 0.15) is 18.1 Å². The second-order valence-electron chi connectivity index (χ2n) is 8.96. The fourth-order valence-corrected chi connectivity index (χ4v) is 4.47. The number of hydrogen-bond acceptors (Lipinski definition) is 7. The number of amides is 3. The minimum atomic E-state index is -1.15. The van der Waals surface area contributed by atoms with Gasteiger partial charge in [-0.15, -0.1) is 0 Å². The fourth-order valence-electron chi connectivity index (χ4n) is 3.74. The minimum Gasteiger partial charge on any atom is -0.480 e. The molecule has 0 aliphatic carbocycles. The van der Waals surface area contributed by atoms with Crippen molar-refractivity contribution in [1.82, 2.24) is 20.9 Å². The van der Waals surface area contributed by atoms with Crippen LogP contribution in [0.15, 0.2) is 30.5 Å². The third-order valence-electron chi connectivity index (χ3n) is 6.33. The van der Waals surface area contributed by atoms with Crippen molar-refractivity contribution in [2.45, 2.75) is 57.3 Å². The predicted molar refractivity (Wildman–Crippen MR) is 150 cm³/mol. The van der Waals surface area contributed by atoms with Crippen molar-refractivity contribution in [3.63, 3.8) is 0 Å². The summed E-state index contributed by atoms with van der Waals surface area (Å²) in [6, 6.07) is 3.51. The molecule has 0 saturated carbocycles. The molecule has 1 heterocycles. The molecule has 5 atom stereocenters. The van der Waals surface area contributed by atoms with Gasteiger partial charge in [0.15, 0.2) is 0 Å². The first kappa shape index (κ1) is 30.5. The summed E-state index contributed by atoms with van der Waals surface area (Å²) < 4.78 is 0. The molecule has 1 aromatic carbocycles. The first-order valence-electron chi connectivity index (χ1n) is 12.2. The number of thioether (sulfide) groups is 1. The number of carbonyl (C=O) groups excluding carboxylic acids is 3. The summed E-state index contributed by atoms with van der Waals surface area (Å²) in [5.74, 6) is -2.44. The highest BCUT2D eigenvalue weighted by Crippen LogP contribution is 2.19. The largest absolute Gasteiger partial charge is 0.480 e. The van der Waals surface area contributed by atoms with Crippen LogP contribution in [-0.2, 0) is 25.6 Å². The van der Waals surface area contributed by atoms with E-state index in [1.165, 1.54) is 11.8 Å². The number of nitrogens with one attached hydrogen (secondary N) is 4. The second-order valence-corrected chi connectivity index (χ2v) is 10.3. The number of nitrogens with two attached hydrogens (primary N) is 1. The normalized spacial score (nSPS) is 15.3. The van der Waals surface area contributed by atoms with Crippen molar-refractivity contribution in [1.29, 1.82) is 0 Å². The zero-order valence-electron chi connectivity index (χ0n) is 21.3. The molecule has 0 aliphatic rings. The van der Waals surface area contributed by atoms with Gasteiger partial charge in [-0.05, 0) is 36.0 Å². The van der Waals surface area contributed by atoms with Crippen LogP contribution in [0.25, 0.3) is 10.9 Å². The Morgan fingerprint density at radius 3 is 2.30 bits per heavy atom. The van der Waals surface area contributed by atoms with E-state index >= 15 is 0 Å². The van der Waals surface area contributed by atoms with Crippen LogP contribution in [0, 0.1) is 5.92 Å². The summed E-state index contributed by atoms with van der Waals surface area (Å²) in [5, 5.41) is 18.3. The number of carboxylic acids is 1. The molecule has 2 aromatic rings. The summed E-state index contributed by atoms with van der Waals surface area (Å²) in [5.41, 5.74) is 7.64. The van der Waals surface area contributed by atoms with Gasteiger partial charge in [0.05, 0.1) is 6.04 Å². The molecule has 0 bridgehead atoms. The lowest BCUT2D eigenvalue weighted by Crippen LogP contribution is -2.58. The van der Waals surface area contributed by atoms with Crippen LogP contribution in [0.4, 0.5) is 0 Å². The average Bonchev–Trinajstić information content (AvgIpc) is 3.30. The minimum absolute atomic E-state index is 0.0162. The number of carbonyl (C=O) groups is 4. The summed E-state index contributed by atoms with van der Waals surface area (Å²) >= 11 is 5.67. The van der Waals surface area contributed by atoms with Crippen LogP contribution in [0.3, 0.4) is 0 Å². The van der Waals surface area contributed by atoms with Crippen LogP contribution in [0.1, 0.15) is 32.3 Å². The lowest BCUT2D eigenvalue weighted by atomic mass is 9.99. The number of thiol groups is 1. The Kier molecular flexibility index (Phi) is 12.3. The van der Waals surface area contributed by atoms with E-state index in [0.717, 1.165) is 16.5 Å². The van der Waals surface area contributed by atoms with E-state index in [4.69, 9.17) is 5.73 Å². The van der Waals surface area contributed by atoms with Crippen LogP contribution < -0.4 is 21.7 Å². The molecule has 12 heteroatoms. The Hall–Kier alpha value is -2.70. The lowest BCUT2D eigenvalue weighted by molar-refractivity contribution is -0.142. The first-order chi connectivity index (χ1) is 17.6. The molecule has 0 spiro atoms. The third-order valence-corrected chi connectivity index (χ3v) is 7.34. The molecule has 0 saturated heterocycles. The lowest BCUT2D eigenvalue weighted by Gasteiger charge is -2.25. The van der Waals surface area contributed by atoms with Crippen LogP contribution in [-0.4, -0.2) is 75.7 Å². The molecule has 2 rings (SSSR count). The summed E-state index contributed by atoms with van der Waals surface area (Å²) in [6.07, 6.45) is 4.64. The van der Waals surface area contributed by atoms with Gasteiger partial charge in [-0.2, -0.15) is 24.4 Å². The van der Waals surface area contributed by atoms with Crippen molar-refractivity contribution in [3.05, 3.63) is 36.0 Å². The van der Waals surface area contributed by atoms with Crippen molar-refractivity contribution >= 4 is 59.0 Å². The van der Waals surface area contributed by atoms with E-state index in [0.29, 0.717) is 12.2 Å². The Labute approximate surface area is 226 Å². The molecule has 1 aromatic heterocycles. The van der Waals surface area contributed by atoms with Crippen molar-refractivity contribution < 1.29 is 24.3 Å². The topological polar surface area (TPSA) is 166 Å². The highest BCUT2D eigenvalue weighted by atomic mass is 32.2. The van der Waals surface area contributed by atoms with E-state index < -0.39 is 47.9 Å². The van der Waals surface area contributed by atoms with E-state index in [9.17, 15) is 24.3 Å². The number of carboxylic acid groups (broad SMARTS) is 1. The monoisotopic (exact) mass is 551 g/mol. The number of H-pyrrole nitrogens is 1. The maximum absolute atomic E-state index is 13.3. The molecule has 37 heavy (non-hydrogen) atoms. The molecule has 3 amide bonds. The van der Waals surface area contributed by atoms with Gasteiger partial charge < -0.3 is 31.8 Å². The van der Waals surface area contributed by atoms with Crippen molar-refractivity contribution in [3.8, 4) is 0 Å². The number of hydrogen-bond donors (Lipinski definition) is 7. The highest BCUT2D eigenvalue weighted by molar-refractivity contribution is 7.98. The van der Waals surface area contributed by atoms with Gasteiger partial charge in [0, 0.05) is 29.3 Å². The van der Waals surface area contributed by atoms with Crippen LogP contribution in [0.5, 0.6) is 0 Å². The van der Waals surface area contributed by atoms with Crippen molar-refractivity contribution in [2.75, 3.05) is 17.8 Å². The average molecular weight is 552 g/mol. The Bertz CT molecular complexity index is 1080. The SMILES string of the molecule is CCC(C)C(N)C(=O)NC(CS)C(=O)NC(Cc1c[nH]c2ccccc12)C(=O)NC(CCSC)C(=O)O. The van der Waals surface area contributed by atoms with Gasteiger partial charge in [-0.25, -0.2) is 4.79 Å². The summed E-state index contributed by atoms with van der Waals surface area (Å²) in [6.45, 7) is 3.76. The number of rotatable bonds is 15. The molecular formula is C25H37N5O5S2. The first-order valence-corrected chi connectivity index (χ1v) is 14.2. The van der Waals surface area contributed by atoms with E-state index in [1.807, 2.05) is 44.4 Å². The third kappa shape index (κ3) is 8.68. The zero-order chi connectivity index (χ0) is 27.5. The Morgan fingerprint density at radius 1 is 1.05 bits per heavy atom. The number of para-hydroxylation sites is 1. The molecule has 0 fully saturated rings. The van der Waals surface area contributed by atoms with Gasteiger partial charge in [-0.3, -0.25) is 14.4 Å². The molecule has 5 unspecified atom stereocenters. The molecule has 10 nitrogen and oxygen atoms in total. The highest BCUT2D eigenvalue weighted by Gasteiger charge is 2.31. The van der Waals surface area contributed by atoms with Gasteiger partial charge in [-0.1, -0.05) is 38.5 Å². The number of aromatic amines is 1. The Balaban J connectivity index is 2.25. The fraction of sp³-hybridized carbons (Fsp3) is 0.520. The van der Waals surface area contributed by atoms with Crippen LogP contribution in [0.2, 0.25) is 0 Å². The molecule has 7 N–H and O–H groups in total. The summed E-state index contributed by atoms with van der Waals surface area (Å²) in [4.78, 5) is 53.8. The van der Waals surface area contributed by atoms with E-state index in [1.54, 1.807) is 6.20 Å². The van der Waals surface area contributed by atoms with Gasteiger partial charge in [0.25, 0.3) is 0 Å². The second kappa shape index (κ2) is 14.9. The maximum atomic E-state index is 13.3. The smallest absolute Gasteiger partial charge is 0.326 e. The molecule has 0 radical (unpaired) electrons. The zero-order valence-corrected chi connectivity index (χ0v) is 23.0. The van der Waals surface area contributed by atoms with Gasteiger partial charge >= 0.3 is 5.97 Å². The van der Waals surface area contributed by atoms with E-state index in [2.05, 4.69) is 33.6 Å². The molecule has 0 aliphatic heterocycles. The number of fused-ring (bicyclic) bond motifs is 1. The predicted octanol–water partition coefficient (Wildman–Crippen LogP) is 1.31. The Morgan fingerprint density at radius 2 is 1.68 bits per heavy atom. The summed E-state index contributed by atoms with van der Waals surface area (Å²) in [7, 11) is 0. The van der Waals surface area contributed by atoms with Crippen LogP contribution >= 0.6 is 24.4 Å².